The van der Waals surface area contributed by atoms with Gasteiger partial charge in [0.05, 0.1) is 5.69 Å². The van der Waals surface area contributed by atoms with E-state index in [0.717, 1.165) is 31.1 Å². The third-order valence-electron chi connectivity index (χ3n) is 3.32. The molecule has 0 saturated carbocycles. The first-order valence-electron chi connectivity index (χ1n) is 7.09. The van der Waals surface area contributed by atoms with Gasteiger partial charge in [0.1, 0.15) is 0 Å². The van der Waals surface area contributed by atoms with E-state index < -0.39 is 0 Å². The van der Waals surface area contributed by atoms with Crippen molar-refractivity contribution >= 4 is 16.5 Å². The van der Waals surface area contributed by atoms with Crippen molar-refractivity contribution in [3.05, 3.63) is 10.6 Å². The first-order valence-corrected chi connectivity index (χ1v) is 7.91. The summed E-state index contributed by atoms with van der Waals surface area (Å²) in [6, 6.07) is 0. The van der Waals surface area contributed by atoms with E-state index in [1.807, 2.05) is 0 Å². The zero-order chi connectivity index (χ0) is 13.5. The summed E-state index contributed by atoms with van der Waals surface area (Å²) in [6.45, 7) is 11.7. The SMILES string of the molecule is CCCc1nc(N(CC)CC(C)CC)sc1CN. The molecule has 0 saturated heterocycles. The van der Waals surface area contributed by atoms with Crippen LogP contribution in [-0.4, -0.2) is 18.1 Å². The smallest absolute Gasteiger partial charge is 0.185 e. The second kappa shape index (κ2) is 7.74. The summed E-state index contributed by atoms with van der Waals surface area (Å²) in [6.07, 6.45) is 3.39. The Kier molecular flexibility index (Phi) is 6.65. The summed E-state index contributed by atoms with van der Waals surface area (Å²) in [7, 11) is 0. The van der Waals surface area contributed by atoms with Crippen molar-refractivity contribution < 1.29 is 0 Å². The summed E-state index contributed by atoms with van der Waals surface area (Å²) in [5.41, 5.74) is 7.03. The van der Waals surface area contributed by atoms with Gasteiger partial charge >= 0.3 is 0 Å². The highest BCUT2D eigenvalue weighted by atomic mass is 32.1. The standard InChI is InChI=1S/C14H27N3S/c1-5-8-12-13(9-15)18-14(16-12)17(7-3)10-11(4)6-2/h11H,5-10,15H2,1-4H3. The third-order valence-corrected chi connectivity index (χ3v) is 4.50. The van der Waals surface area contributed by atoms with Crippen LogP contribution >= 0.6 is 11.3 Å². The molecule has 0 amide bonds. The minimum Gasteiger partial charge on any atom is -0.348 e. The lowest BCUT2D eigenvalue weighted by Crippen LogP contribution is -2.27. The molecule has 0 aliphatic heterocycles. The molecule has 3 nitrogen and oxygen atoms in total. The van der Waals surface area contributed by atoms with E-state index in [9.17, 15) is 0 Å². The van der Waals surface area contributed by atoms with E-state index in [-0.39, 0.29) is 0 Å². The molecular formula is C14H27N3S. The summed E-state index contributed by atoms with van der Waals surface area (Å²) >= 11 is 1.77. The molecule has 1 rings (SSSR count). The number of nitrogens with two attached hydrogens (primary N) is 1. The molecule has 1 atom stereocenters. The van der Waals surface area contributed by atoms with Crippen LogP contribution in [0, 0.1) is 5.92 Å². The van der Waals surface area contributed by atoms with Crippen molar-refractivity contribution in [3.63, 3.8) is 0 Å². The van der Waals surface area contributed by atoms with E-state index in [4.69, 9.17) is 10.7 Å². The van der Waals surface area contributed by atoms with Gasteiger partial charge in [-0.3, -0.25) is 0 Å². The Labute approximate surface area is 115 Å². The topological polar surface area (TPSA) is 42.2 Å². The molecule has 0 aliphatic rings. The number of nitrogens with zero attached hydrogens (tertiary/aromatic N) is 2. The van der Waals surface area contributed by atoms with Crippen molar-refractivity contribution in [1.82, 2.24) is 4.98 Å². The number of aromatic nitrogens is 1. The zero-order valence-electron chi connectivity index (χ0n) is 12.2. The summed E-state index contributed by atoms with van der Waals surface area (Å²) in [5.74, 6) is 0.713. The number of hydrogen-bond donors (Lipinski definition) is 1. The van der Waals surface area contributed by atoms with Gasteiger partial charge in [0.25, 0.3) is 0 Å². The van der Waals surface area contributed by atoms with Gasteiger partial charge in [-0.05, 0) is 19.3 Å². The summed E-state index contributed by atoms with van der Waals surface area (Å²) < 4.78 is 0. The maximum atomic E-state index is 5.82. The molecule has 0 aliphatic carbocycles. The maximum absolute atomic E-state index is 5.82. The van der Waals surface area contributed by atoms with Gasteiger partial charge in [-0.1, -0.05) is 33.6 Å². The minimum absolute atomic E-state index is 0.619. The van der Waals surface area contributed by atoms with Gasteiger partial charge < -0.3 is 10.6 Å². The van der Waals surface area contributed by atoms with Crippen LogP contribution in [0.2, 0.25) is 0 Å². The first kappa shape index (κ1) is 15.4. The molecule has 0 aromatic carbocycles. The summed E-state index contributed by atoms with van der Waals surface area (Å²) in [4.78, 5) is 8.44. The molecule has 18 heavy (non-hydrogen) atoms. The fraction of sp³-hybridized carbons (Fsp3) is 0.786. The van der Waals surface area contributed by atoms with E-state index >= 15 is 0 Å². The van der Waals surface area contributed by atoms with Gasteiger partial charge in [-0.25, -0.2) is 4.98 Å². The van der Waals surface area contributed by atoms with Gasteiger partial charge in [0.2, 0.25) is 0 Å². The number of hydrogen-bond acceptors (Lipinski definition) is 4. The van der Waals surface area contributed by atoms with E-state index in [1.54, 1.807) is 11.3 Å². The normalized spacial score (nSPS) is 12.7. The molecule has 0 fully saturated rings. The number of anilines is 1. The second-order valence-electron chi connectivity index (χ2n) is 4.87. The molecule has 4 heteroatoms. The van der Waals surface area contributed by atoms with Crippen molar-refractivity contribution in [2.45, 2.75) is 53.5 Å². The highest BCUT2D eigenvalue weighted by molar-refractivity contribution is 7.15. The molecule has 0 bridgehead atoms. The molecule has 2 N–H and O–H groups in total. The van der Waals surface area contributed by atoms with Crippen LogP contribution in [-0.2, 0) is 13.0 Å². The van der Waals surface area contributed by atoms with Crippen molar-refractivity contribution in [1.29, 1.82) is 0 Å². The quantitative estimate of drug-likeness (QED) is 0.786. The molecule has 0 radical (unpaired) electrons. The van der Waals surface area contributed by atoms with Gasteiger partial charge in [-0.2, -0.15) is 0 Å². The molecule has 1 aromatic heterocycles. The molecular weight excluding hydrogens is 242 g/mol. The van der Waals surface area contributed by atoms with Crippen molar-refractivity contribution in [3.8, 4) is 0 Å². The largest absolute Gasteiger partial charge is 0.348 e. The van der Waals surface area contributed by atoms with Crippen LogP contribution in [0.3, 0.4) is 0 Å². The Morgan fingerprint density at radius 2 is 2.06 bits per heavy atom. The number of aryl methyl sites for hydroxylation is 1. The van der Waals surface area contributed by atoms with Crippen LogP contribution in [0.15, 0.2) is 0 Å². The average molecular weight is 269 g/mol. The van der Waals surface area contributed by atoms with Crippen LogP contribution in [0.1, 0.15) is 51.1 Å². The Morgan fingerprint density at radius 1 is 1.33 bits per heavy atom. The predicted molar refractivity (Wildman–Crippen MR) is 81.3 cm³/mol. The number of thiazole rings is 1. The zero-order valence-corrected chi connectivity index (χ0v) is 13.0. The highest BCUT2D eigenvalue weighted by Gasteiger charge is 2.15. The van der Waals surface area contributed by atoms with Crippen LogP contribution in [0.25, 0.3) is 0 Å². The van der Waals surface area contributed by atoms with Gasteiger partial charge in [0.15, 0.2) is 5.13 Å². The first-order chi connectivity index (χ1) is 8.65. The Morgan fingerprint density at radius 3 is 2.56 bits per heavy atom. The van der Waals surface area contributed by atoms with E-state index in [2.05, 4.69) is 32.6 Å². The van der Waals surface area contributed by atoms with Crippen LogP contribution < -0.4 is 10.6 Å². The summed E-state index contributed by atoms with van der Waals surface area (Å²) in [5, 5.41) is 1.15. The van der Waals surface area contributed by atoms with Crippen molar-refractivity contribution in [2.24, 2.45) is 11.7 Å². The Balaban J connectivity index is 2.85. The second-order valence-corrected chi connectivity index (χ2v) is 5.93. The molecule has 104 valence electrons. The monoisotopic (exact) mass is 269 g/mol. The lowest BCUT2D eigenvalue weighted by molar-refractivity contribution is 0.547. The average Bonchev–Trinajstić information content (AvgIpc) is 2.79. The lowest BCUT2D eigenvalue weighted by Gasteiger charge is -2.23. The van der Waals surface area contributed by atoms with Gasteiger partial charge in [0, 0.05) is 24.5 Å². The Hall–Kier alpha value is -0.610. The maximum Gasteiger partial charge on any atom is 0.185 e. The molecule has 0 spiro atoms. The predicted octanol–water partition coefficient (Wildman–Crippen LogP) is 3.43. The van der Waals surface area contributed by atoms with Crippen LogP contribution in [0.4, 0.5) is 5.13 Å². The molecule has 1 aromatic rings. The highest BCUT2D eigenvalue weighted by Crippen LogP contribution is 2.27. The lowest BCUT2D eigenvalue weighted by atomic mass is 10.1. The molecule has 1 heterocycles. The minimum atomic E-state index is 0.619. The molecule has 1 unspecified atom stereocenters. The van der Waals surface area contributed by atoms with Crippen molar-refractivity contribution in [2.75, 3.05) is 18.0 Å². The number of rotatable bonds is 8. The van der Waals surface area contributed by atoms with Crippen LogP contribution in [0.5, 0.6) is 0 Å². The fourth-order valence-corrected chi connectivity index (χ4v) is 3.00. The van der Waals surface area contributed by atoms with Gasteiger partial charge in [-0.15, -0.1) is 11.3 Å². The van der Waals surface area contributed by atoms with E-state index in [1.165, 1.54) is 17.0 Å². The third kappa shape index (κ3) is 3.95. The fourth-order valence-electron chi connectivity index (χ4n) is 1.94. The van der Waals surface area contributed by atoms with E-state index in [0.29, 0.717) is 12.5 Å². The Bertz CT molecular complexity index is 349.